The predicted octanol–water partition coefficient (Wildman–Crippen LogP) is 1.68. The van der Waals surface area contributed by atoms with Gasteiger partial charge in [0.2, 0.25) is 12.0 Å². The monoisotopic (exact) mass is 462 g/mol. The van der Waals surface area contributed by atoms with Crippen LogP contribution >= 0.6 is 11.3 Å². The van der Waals surface area contributed by atoms with Crippen molar-refractivity contribution in [1.29, 1.82) is 0 Å². The Morgan fingerprint density at radius 2 is 1.94 bits per heavy atom. The molecule has 0 spiro atoms. The van der Waals surface area contributed by atoms with E-state index in [9.17, 15) is 27.9 Å². The van der Waals surface area contributed by atoms with Gasteiger partial charge in [-0.2, -0.15) is 23.1 Å². The minimum absolute atomic E-state index is 0.0930. The van der Waals surface area contributed by atoms with E-state index in [4.69, 9.17) is 9.84 Å². The summed E-state index contributed by atoms with van der Waals surface area (Å²) in [4.78, 5) is 36.1. The number of carbonyl (C=O) groups excluding carboxylic acids is 1. The van der Waals surface area contributed by atoms with Gasteiger partial charge in [0.1, 0.15) is 17.1 Å². The van der Waals surface area contributed by atoms with Gasteiger partial charge in [0.15, 0.2) is 0 Å². The first-order valence-electron chi connectivity index (χ1n) is 9.51. The molecule has 0 bridgehead atoms. The number of amides is 1. The normalized spacial score (nSPS) is 15.9. The topological polar surface area (TPSA) is 116 Å². The third-order valence-corrected chi connectivity index (χ3v) is 5.90. The van der Waals surface area contributed by atoms with Gasteiger partial charge < -0.3 is 24.7 Å². The summed E-state index contributed by atoms with van der Waals surface area (Å²) in [5.41, 5.74) is 0. The van der Waals surface area contributed by atoms with Crippen molar-refractivity contribution in [1.82, 2.24) is 14.9 Å². The minimum Gasteiger partial charge on any atom is -0.478 e. The van der Waals surface area contributed by atoms with Gasteiger partial charge in [0, 0.05) is 31.1 Å². The average molecular weight is 462 g/mol. The zero-order valence-electron chi connectivity index (χ0n) is 16.6. The molecule has 170 valence electrons. The zero-order chi connectivity index (χ0) is 22.8. The van der Waals surface area contributed by atoms with Gasteiger partial charge >= 0.3 is 18.2 Å². The lowest BCUT2D eigenvalue weighted by Crippen LogP contribution is -2.49. The van der Waals surface area contributed by atoms with Crippen LogP contribution in [-0.2, 0) is 16.0 Å². The van der Waals surface area contributed by atoms with Crippen LogP contribution in [0.5, 0.6) is 6.01 Å². The van der Waals surface area contributed by atoms with E-state index in [-0.39, 0.29) is 32.2 Å². The van der Waals surface area contributed by atoms with Crippen LogP contribution < -0.4 is 9.64 Å². The molecular weight excluding hydrogens is 441 g/mol. The number of rotatable bonds is 7. The Hall–Kier alpha value is -2.67. The summed E-state index contributed by atoms with van der Waals surface area (Å²) in [6, 6.07) is 1.69. The quantitative estimate of drug-likeness (QED) is 0.639. The Kier molecular flexibility index (Phi) is 6.84. The summed E-state index contributed by atoms with van der Waals surface area (Å²) in [5, 5.41) is 19.0. The summed E-state index contributed by atoms with van der Waals surface area (Å²) in [6.45, 7) is 1.87. The lowest BCUT2D eigenvalue weighted by Gasteiger charge is -2.35. The van der Waals surface area contributed by atoms with E-state index < -0.39 is 37.2 Å². The van der Waals surface area contributed by atoms with Crippen LogP contribution in [0, 0.1) is 0 Å². The van der Waals surface area contributed by atoms with E-state index in [1.807, 2.05) is 13.0 Å². The van der Waals surface area contributed by atoms with Crippen LogP contribution in [0.25, 0.3) is 10.2 Å². The van der Waals surface area contributed by atoms with Crippen LogP contribution in [0.3, 0.4) is 0 Å². The predicted molar refractivity (Wildman–Crippen MR) is 105 cm³/mol. The minimum atomic E-state index is -4.56. The Balaban J connectivity index is 1.84. The number of alkyl halides is 3. The number of ether oxygens (including phenoxy) is 1. The van der Waals surface area contributed by atoms with Gasteiger partial charge in [-0.1, -0.05) is 6.92 Å². The third kappa shape index (κ3) is 5.53. The second-order valence-electron chi connectivity index (χ2n) is 6.90. The number of aliphatic hydroxyl groups is 1. The highest BCUT2D eigenvalue weighted by molar-refractivity contribution is 7.18. The van der Waals surface area contributed by atoms with Crippen molar-refractivity contribution < 1.29 is 37.7 Å². The Morgan fingerprint density at radius 3 is 2.48 bits per heavy atom. The van der Waals surface area contributed by atoms with Crippen LogP contribution in [0.2, 0.25) is 0 Å². The number of carbonyl (C=O) groups is 2. The van der Waals surface area contributed by atoms with E-state index in [1.165, 1.54) is 11.3 Å². The molecule has 31 heavy (non-hydrogen) atoms. The molecule has 0 aliphatic carbocycles. The maximum atomic E-state index is 12.5. The number of hydrogen-bond donors (Lipinski definition) is 2. The van der Waals surface area contributed by atoms with E-state index >= 15 is 0 Å². The summed E-state index contributed by atoms with van der Waals surface area (Å²) >= 11 is 1.39. The molecule has 1 amide bonds. The molecule has 0 unspecified atom stereocenters. The molecule has 2 aromatic heterocycles. The van der Waals surface area contributed by atoms with Crippen molar-refractivity contribution in [2.75, 3.05) is 37.7 Å². The van der Waals surface area contributed by atoms with Crippen molar-refractivity contribution >= 4 is 39.2 Å². The molecule has 1 fully saturated rings. The highest BCUT2D eigenvalue weighted by atomic mass is 32.1. The largest absolute Gasteiger partial charge is 0.478 e. The molecule has 0 saturated carbocycles. The SMILES string of the molecule is CCc1cc2c(N3CCN(C(=O)CC(F)(F)F)CC3)nc(O[C@@H](CO)C(=O)O)nc2s1. The highest BCUT2D eigenvalue weighted by Gasteiger charge is 2.35. The number of thiophene rings is 1. The fourth-order valence-electron chi connectivity index (χ4n) is 3.15. The van der Waals surface area contributed by atoms with Gasteiger partial charge in [0.25, 0.3) is 0 Å². The maximum Gasteiger partial charge on any atom is 0.397 e. The standard InChI is InChI=1S/C18H21F3N4O5S/c1-2-10-7-11-14(22-17(23-15(11)31-10)30-12(9-26)16(28)29)25-5-3-24(4-6-25)13(27)8-18(19,20)21/h7,12,26H,2-6,8-9H2,1H3,(H,28,29)/t12-/m0/s1. The van der Waals surface area contributed by atoms with Crippen LogP contribution in [0.4, 0.5) is 19.0 Å². The van der Waals surface area contributed by atoms with Gasteiger partial charge in [-0.05, 0) is 12.5 Å². The van der Waals surface area contributed by atoms with Gasteiger partial charge in [-0.15, -0.1) is 11.3 Å². The van der Waals surface area contributed by atoms with Gasteiger partial charge in [-0.25, -0.2) is 4.79 Å². The first-order chi connectivity index (χ1) is 14.6. The molecule has 1 saturated heterocycles. The van der Waals surface area contributed by atoms with Crippen molar-refractivity contribution in [3.63, 3.8) is 0 Å². The molecule has 0 aromatic carbocycles. The number of aliphatic carboxylic acids is 1. The molecule has 1 aliphatic heterocycles. The number of carboxylic acid groups (broad SMARTS) is 1. The summed E-state index contributed by atoms with van der Waals surface area (Å²) < 4.78 is 42.7. The Morgan fingerprint density at radius 1 is 1.26 bits per heavy atom. The fraction of sp³-hybridized carbons (Fsp3) is 0.556. The van der Waals surface area contributed by atoms with Gasteiger partial charge in [0.05, 0.1) is 12.0 Å². The molecule has 2 N–H and O–H groups in total. The van der Waals surface area contributed by atoms with E-state index in [1.54, 1.807) is 4.90 Å². The molecule has 3 heterocycles. The molecule has 0 radical (unpaired) electrons. The number of aliphatic hydroxyl groups excluding tert-OH is 1. The number of halogens is 3. The number of aryl methyl sites for hydroxylation is 1. The van der Waals surface area contributed by atoms with Crippen molar-refractivity contribution in [2.45, 2.75) is 32.0 Å². The van der Waals surface area contributed by atoms with Crippen molar-refractivity contribution in [2.24, 2.45) is 0 Å². The number of fused-ring (bicyclic) bond motifs is 1. The molecule has 3 rings (SSSR count). The summed E-state index contributed by atoms with van der Waals surface area (Å²) in [7, 11) is 0. The second-order valence-corrected chi connectivity index (χ2v) is 8.02. The molecule has 1 atom stereocenters. The molecule has 1 aliphatic rings. The summed E-state index contributed by atoms with van der Waals surface area (Å²) in [6.07, 6.45) is -6.84. The van der Waals surface area contributed by atoms with Crippen LogP contribution in [0.15, 0.2) is 6.07 Å². The van der Waals surface area contributed by atoms with E-state index in [2.05, 4.69) is 9.97 Å². The first kappa shape index (κ1) is 23.0. The smallest absolute Gasteiger partial charge is 0.397 e. The van der Waals surface area contributed by atoms with Crippen molar-refractivity contribution in [3.8, 4) is 6.01 Å². The van der Waals surface area contributed by atoms with E-state index in [0.29, 0.717) is 16.0 Å². The van der Waals surface area contributed by atoms with Gasteiger partial charge in [-0.3, -0.25) is 4.79 Å². The molecule has 13 heteroatoms. The number of hydrogen-bond acceptors (Lipinski definition) is 8. The number of nitrogens with zero attached hydrogens (tertiary/aromatic N) is 4. The summed E-state index contributed by atoms with van der Waals surface area (Å²) in [5.74, 6) is -1.90. The van der Waals surface area contributed by atoms with E-state index in [0.717, 1.165) is 16.2 Å². The number of carboxylic acids is 1. The van der Waals surface area contributed by atoms with Crippen LogP contribution in [0.1, 0.15) is 18.2 Å². The fourth-order valence-corrected chi connectivity index (χ4v) is 4.10. The maximum absolute atomic E-state index is 12.5. The number of piperazine rings is 1. The number of anilines is 1. The number of aromatic nitrogens is 2. The first-order valence-corrected chi connectivity index (χ1v) is 10.3. The zero-order valence-corrected chi connectivity index (χ0v) is 17.4. The third-order valence-electron chi connectivity index (χ3n) is 4.72. The Labute approximate surface area is 179 Å². The molecular formula is C18H21F3N4O5S. The lowest BCUT2D eigenvalue weighted by atomic mass is 10.2. The second kappa shape index (κ2) is 9.22. The molecule has 9 nitrogen and oxygen atoms in total. The lowest BCUT2D eigenvalue weighted by molar-refractivity contribution is -0.161. The molecule has 2 aromatic rings. The van der Waals surface area contributed by atoms with Crippen molar-refractivity contribution in [3.05, 3.63) is 10.9 Å². The highest BCUT2D eigenvalue weighted by Crippen LogP contribution is 2.34. The Bertz CT molecular complexity index is 960. The van der Waals surface area contributed by atoms with Crippen LogP contribution in [-0.4, -0.2) is 82.0 Å². The average Bonchev–Trinajstić information content (AvgIpc) is 3.13.